The van der Waals surface area contributed by atoms with E-state index in [0.717, 1.165) is 53.0 Å². The van der Waals surface area contributed by atoms with Crippen molar-refractivity contribution in [3.05, 3.63) is 54.1 Å². The Balaban J connectivity index is 1.50. The van der Waals surface area contributed by atoms with E-state index in [2.05, 4.69) is 42.5 Å². The monoisotopic (exact) mass is 434 g/mol. The highest BCUT2D eigenvalue weighted by molar-refractivity contribution is 6.00. The van der Waals surface area contributed by atoms with Crippen molar-refractivity contribution in [3.8, 4) is 28.4 Å². The molecule has 0 saturated carbocycles. The van der Waals surface area contributed by atoms with E-state index < -0.39 is 0 Å². The Morgan fingerprint density at radius 3 is 2.03 bits per heavy atom. The van der Waals surface area contributed by atoms with Crippen LogP contribution in [-0.2, 0) is 14.2 Å². The molecule has 3 fully saturated rings. The van der Waals surface area contributed by atoms with E-state index in [4.69, 9.17) is 28.4 Å². The van der Waals surface area contributed by atoms with Gasteiger partial charge in [-0.05, 0) is 34.9 Å². The predicted molar refractivity (Wildman–Crippen MR) is 120 cm³/mol. The quantitative estimate of drug-likeness (QED) is 0.447. The maximum atomic E-state index is 6.36. The van der Waals surface area contributed by atoms with E-state index in [1.54, 1.807) is 0 Å². The topological polar surface area (TPSA) is 65.3 Å². The van der Waals surface area contributed by atoms with Crippen molar-refractivity contribution < 1.29 is 28.4 Å². The van der Waals surface area contributed by atoms with E-state index in [9.17, 15) is 0 Å². The fraction of sp³-hybridized carbons (Fsp3) is 0.385. The normalized spacial score (nSPS) is 23.1. The first-order chi connectivity index (χ1) is 15.8. The number of benzene rings is 3. The zero-order chi connectivity index (χ0) is 21.5. The summed E-state index contributed by atoms with van der Waals surface area (Å²) in [6.07, 6.45) is 0.432. The highest BCUT2D eigenvalue weighted by Crippen LogP contribution is 2.49. The highest BCUT2D eigenvalue weighted by Gasteiger charge is 2.30. The highest BCUT2D eigenvalue weighted by atomic mass is 16.6. The van der Waals surface area contributed by atoms with Crippen molar-refractivity contribution in [1.29, 1.82) is 0 Å². The van der Waals surface area contributed by atoms with Gasteiger partial charge in [0.2, 0.25) is 0 Å². The van der Waals surface area contributed by atoms with Gasteiger partial charge in [-0.15, -0.1) is 0 Å². The van der Waals surface area contributed by atoms with Crippen LogP contribution in [0.15, 0.2) is 48.5 Å². The summed E-state index contributed by atoms with van der Waals surface area (Å²) in [6, 6.07) is 16.7. The lowest BCUT2D eigenvalue weighted by molar-refractivity contribution is 0.225. The van der Waals surface area contributed by atoms with Gasteiger partial charge in [0.1, 0.15) is 43.9 Å². The number of aryl methyl sites for hydroxylation is 1. The second-order valence-corrected chi connectivity index (χ2v) is 8.55. The van der Waals surface area contributed by atoms with Crippen LogP contribution < -0.4 is 14.2 Å². The fourth-order valence-corrected chi connectivity index (χ4v) is 3.90. The number of fused-ring (bicyclic) bond motifs is 1. The number of ether oxygens (including phenoxy) is 6. The second-order valence-electron chi connectivity index (χ2n) is 8.55. The standard InChI is InChI=1S/C26H26O6/c1-16-9-23(30-13-18-10-27-18)26(32-15-20-12-29-20)24(25(16)31-14-19-11-28-19)22-8-4-6-17-5-2-3-7-21(17)22/h2-9,18-20H,10-15H2,1H3. The minimum absolute atomic E-state index is 0.125. The van der Waals surface area contributed by atoms with E-state index in [1.807, 2.05) is 13.0 Å². The fourth-order valence-electron chi connectivity index (χ4n) is 3.90. The zero-order valence-corrected chi connectivity index (χ0v) is 18.0. The maximum absolute atomic E-state index is 6.36. The number of hydrogen-bond acceptors (Lipinski definition) is 6. The molecule has 3 aliphatic rings. The molecule has 6 heteroatoms. The average Bonchev–Trinajstić information content (AvgIpc) is 3.67. The summed E-state index contributed by atoms with van der Waals surface area (Å²) < 4.78 is 35.0. The van der Waals surface area contributed by atoms with E-state index in [0.29, 0.717) is 31.3 Å². The molecule has 0 amide bonds. The molecule has 0 aliphatic carbocycles. The molecule has 0 N–H and O–H groups in total. The van der Waals surface area contributed by atoms with Crippen molar-refractivity contribution >= 4 is 10.8 Å². The Hall–Kier alpha value is -2.80. The molecule has 166 valence electrons. The number of hydrogen-bond donors (Lipinski definition) is 0. The lowest BCUT2D eigenvalue weighted by Crippen LogP contribution is -2.12. The lowest BCUT2D eigenvalue weighted by atomic mass is 9.94. The molecule has 6 nitrogen and oxygen atoms in total. The van der Waals surface area contributed by atoms with Crippen molar-refractivity contribution in [2.75, 3.05) is 39.6 Å². The van der Waals surface area contributed by atoms with E-state index in [-0.39, 0.29) is 18.3 Å². The Kier molecular flexibility index (Phi) is 5.14. The largest absolute Gasteiger partial charge is 0.490 e. The molecule has 3 aromatic carbocycles. The SMILES string of the molecule is Cc1cc(OCC2CO2)c(OCC2CO2)c(-c2cccc3ccccc23)c1OCC1CO1. The third-order valence-electron chi connectivity index (χ3n) is 5.90. The average molecular weight is 434 g/mol. The Bertz CT molecular complexity index is 1130. The van der Waals surface area contributed by atoms with Gasteiger partial charge < -0.3 is 28.4 Å². The molecular formula is C26H26O6. The van der Waals surface area contributed by atoms with Gasteiger partial charge in [0.05, 0.1) is 25.4 Å². The van der Waals surface area contributed by atoms with Gasteiger partial charge in [-0.3, -0.25) is 0 Å². The van der Waals surface area contributed by atoms with Crippen LogP contribution in [0.1, 0.15) is 5.56 Å². The van der Waals surface area contributed by atoms with Gasteiger partial charge in [-0.1, -0.05) is 42.5 Å². The molecule has 3 saturated heterocycles. The van der Waals surface area contributed by atoms with Crippen LogP contribution in [0.4, 0.5) is 0 Å². The van der Waals surface area contributed by atoms with Crippen LogP contribution in [0.25, 0.3) is 21.9 Å². The zero-order valence-electron chi connectivity index (χ0n) is 18.0. The van der Waals surface area contributed by atoms with Gasteiger partial charge in [0.25, 0.3) is 0 Å². The minimum Gasteiger partial charge on any atom is -0.490 e. The summed E-state index contributed by atoms with van der Waals surface area (Å²) in [4.78, 5) is 0. The van der Waals surface area contributed by atoms with Crippen LogP contribution >= 0.6 is 0 Å². The Labute approximate surface area is 186 Å². The number of epoxide rings is 3. The molecule has 3 atom stereocenters. The van der Waals surface area contributed by atoms with Crippen LogP contribution in [0.2, 0.25) is 0 Å². The first kappa shape index (κ1) is 19.9. The van der Waals surface area contributed by atoms with Crippen LogP contribution in [0.3, 0.4) is 0 Å². The molecule has 3 unspecified atom stereocenters. The third kappa shape index (κ3) is 4.26. The third-order valence-corrected chi connectivity index (χ3v) is 5.90. The molecule has 3 aromatic rings. The summed E-state index contributed by atoms with van der Waals surface area (Å²) in [5.74, 6) is 2.20. The van der Waals surface area contributed by atoms with E-state index in [1.165, 1.54) is 0 Å². The molecule has 0 radical (unpaired) electrons. The summed E-state index contributed by atoms with van der Waals surface area (Å²) >= 11 is 0. The molecule has 3 heterocycles. The van der Waals surface area contributed by atoms with Gasteiger partial charge in [0, 0.05) is 0 Å². The summed E-state index contributed by atoms with van der Waals surface area (Å²) in [7, 11) is 0. The first-order valence-corrected chi connectivity index (χ1v) is 11.1. The van der Waals surface area contributed by atoms with Gasteiger partial charge in [-0.25, -0.2) is 0 Å². The maximum Gasteiger partial charge on any atom is 0.172 e. The molecule has 32 heavy (non-hydrogen) atoms. The van der Waals surface area contributed by atoms with Gasteiger partial charge in [-0.2, -0.15) is 0 Å². The molecule has 0 spiro atoms. The summed E-state index contributed by atoms with van der Waals surface area (Å²) in [5, 5.41) is 2.30. The van der Waals surface area contributed by atoms with Crippen molar-refractivity contribution in [1.82, 2.24) is 0 Å². The molecule has 0 aromatic heterocycles. The Morgan fingerprint density at radius 1 is 0.750 bits per heavy atom. The molecule has 0 bridgehead atoms. The van der Waals surface area contributed by atoms with Crippen molar-refractivity contribution in [2.24, 2.45) is 0 Å². The molecule has 3 aliphatic heterocycles. The summed E-state index contributed by atoms with van der Waals surface area (Å²) in [6.45, 7) is 5.75. The van der Waals surface area contributed by atoms with Gasteiger partial charge >= 0.3 is 0 Å². The van der Waals surface area contributed by atoms with Gasteiger partial charge in [0.15, 0.2) is 11.5 Å². The van der Waals surface area contributed by atoms with Crippen molar-refractivity contribution in [2.45, 2.75) is 25.2 Å². The number of rotatable bonds is 10. The Morgan fingerprint density at radius 2 is 1.34 bits per heavy atom. The summed E-state index contributed by atoms with van der Waals surface area (Å²) in [5.41, 5.74) is 2.96. The molecule has 6 rings (SSSR count). The second kappa shape index (κ2) is 8.28. The first-order valence-electron chi connectivity index (χ1n) is 11.1. The van der Waals surface area contributed by atoms with Crippen LogP contribution in [0.5, 0.6) is 17.2 Å². The minimum atomic E-state index is 0.125. The van der Waals surface area contributed by atoms with Crippen molar-refractivity contribution in [3.63, 3.8) is 0 Å². The predicted octanol–water partition coefficient (Wildman–Crippen LogP) is 4.15. The lowest BCUT2D eigenvalue weighted by Gasteiger charge is -2.22. The van der Waals surface area contributed by atoms with Crippen LogP contribution in [-0.4, -0.2) is 58.0 Å². The van der Waals surface area contributed by atoms with E-state index >= 15 is 0 Å². The smallest absolute Gasteiger partial charge is 0.172 e. The molecular weight excluding hydrogens is 408 g/mol. The van der Waals surface area contributed by atoms with Crippen LogP contribution in [0, 0.1) is 6.92 Å².